The maximum Gasteiger partial charge on any atom is 0.423 e. The fraction of sp³-hybridized carbons (Fsp3) is 0.316. The highest BCUT2D eigenvalue weighted by molar-refractivity contribution is 7.85. The van der Waals surface area contributed by atoms with Crippen molar-refractivity contribution in [3.8, 4) is 0 Å². The minimum atomic E-state index is -5.04. The van der Waals surface area contributed by atoms with Gasteiger partial charge in [-0.25, -0.2) is 0 Å². The molecule has 2 rings (SSSR count). The van der Waals surface area contributed by atoms with Gasteiger partial charge in [-0.1, -0.05) is 46.9 Å². The van der Waals surface area contributed by atoms with Crippen molar-refractivity contribution in [3.63, 3.8) is 0 Å². The summed E-state index contributed by atoms with van der Waals surface area (Å²) in [6.07, 6.45) is -3.63. The normalized spacial score (nSPS) is 14.6. The molecule has 0 unspecified atom stereocenters. The number of nitrogens with one attached hydrogen (secondary N) is 2. The number of halogens is 6. The minimum absolute atomic E-state index is 0.113. The molecule has 0 aromatic heterocycles. The molecule has 0 aliphatic heterocycles. The predicted octanol–water partition coefficient (Wildman–Crippen LogP) is 4.50. The molecule has 0 fully saturated rings. The van der Waals surface area contributed by atoms with Gasteiger partial charge in [0.2, 0.25) is 11.5 Å². The van der Waals surface area contributed by atoms with Gasteiger partial charge in [0, 0.05) is 29.3 Å². The second kappa shape index (κ2) is 10.4. The zero-order valence-electron chi connectivity index (χ0n) is 16.0. The molecule has 2 aromatic carbocycles. The third kappa shape index (κ3) is 6.73. The lowest BCUT2D eigenvalue weighted by atomic mass is 9.92. The van der Waals surface area contributed by atoms with Gasteiger partial charge < -0.3 is 15.7 Å². The molecule has 0 spiro atoms. The Bertz CT molecular complexity index is 951. The summed E-state index contributed by atoms with van der Waals surface area (Å²) in [4.78, 5) is 11.5. The molecule has 1 amide bonds. The first kappa shape index (κ1) is 25.7. The fourth-order valence-corrected chi connectivity index (χ4v) is 3.63. The van der Waals surface area contributed by atoms with E-state index in [4.69, 9.17) is 34.8 Å². The zero-order chi connectivity index (χ0) is 23.4. The Morgan fingerprint density at radius 2 is 1.65 bits per heavy atom. The second-order valence-electron chi connectivity index (χ2n) is 6.66. The molecule has 0 bridgehead atoms. The second-order valence-corrected chi connectivity index (χ2v) is 9.28. The first-order valence-corrected chi connectivity index (χ1v) is 11.5. The number of benzene rings is 2. The van der Waals surface area contributed by atoms with Crippen LogP contribution in [0.4, 0.5) is 18.9 Å². The number of anilines is 1. The van der Waals surface area contributed by atoms with Crippen LogP contribution in [0.2, 0.25) is 15.1 Å². The third-order valence-corrected chi connectivity index (χ3v) is 6.12. The van der Waals surface area contributed by atoms with Crippen LogP contribution in [0.3, 0.4) is 0 Å². The number of aliphatic hydroxyl groups is 1. The smallest absolute Gasteiger partial charge is 0.381 e. The van der Waals surface area contributed by atoms with Crippen molar-refractivity contribution in [1.29, 1.82) is 0 Å². The average molecular weight is 518 g/mol. The van der Waals surface area contributed by atoms with Crippen LogP contribution in [0.15, 0.2) is 36.4 Å². The molecular weight excluding hydrogens is 500 g/mol. The summed E-state index contributed by atoms with van der Waals surface area (Å²) in [5, 5.41) is 15.1. The first-order chi connectivity index (χ1) is 14.3. The van der Waals surface area contributed by atoms with Gasteiger partial charge in [0.1, 0.15) is 5.75 Å². The Balaban J connectivity index is 2.12. The molecule has 31 heavy (non-hydrogen) atoms. The van der Waals surface area contributed by atoms with Crippen molar-refractivity contribution in [2.75, 3.05) is 23.9 Å². The molecule has 0 saturated heterocycles. The van der Waals surface area contributed by atoms with Gasteiger partial charge >= 0.3 is 6.18 Å². The molecule has 2 aromatic rings. The predicted molar refractivity (Wildman–Crippen MR) is 117 cm³/mol. The molecule has 12 heteroatoms. The van der Waals surface area contributed by atoms with Crippen LogP contribution in [0, 0.1) is 0 Å². The lowest BCUT2D eigenvalue weighted by molar-refractivity contribution is -0.260. The highest BCUT2D eigenvalue weighted by atomic mass is 35.5. The zero-order valence-corrected chi connectivity index (χ0v) is 19.1. The number of amides is 1. The molecular formula is C19H18Cl3F3N2O3S. The summed E-state index contributed by atoms with van der Waals surface area (Å²) in [5.41, 5.74) is -2.85. The minimum Gasteiger partial charge on any atom is -0.381 e. The monoisotopic (exact) mass is 516 g/mol. The molecule has 0 aliphatic rings. The number of carbonyl (C=O) groups is 1. The van der Waals surface area contributed by atoms with Crippen molar-refractivity contribution < 1.29 is 27.3 Å². The molecule has 0 heterocycles. The highest BCUT2D eigenvalue weighted by Crippen LogP contribution is 2.43. The molecule has 0 aliphatic carbocycles. The van der Waals surface area contributed by atoms with E-state index in [0.717, 1.165) is 12.1 Å². The van der Waals surface area contributed by atoms with E-state index in [-0.39, 0.29) is 33.3 Å². The standard InChI is InChI=1S/C19H18Cl3F3N2O3S/c1-31(30)9-16(28)26-8-11-2-4-13(5-3-11)27-10-18(29,19(23,24)25)12-6-14(20)17(22)15(21)7-12/h2-7,27,29H,8-10H2,1H3,(H,26,28)/t18-,31+/m0/s1. The third-order valence-electron chi connectivity index (χ3n) is 4.26. The van der Waals surface area contributed by atoms with Gasteiger partial charge in [0.15, 0.2) is 0 Å². The van der Waals surface area contributed by atoms with Gasteiger partial charge in [-0.15, -0.1) is 0 Å². The van der Waals surface area contributed by atoms with Crippen molar-refractivity contribution in [1.82, 2.24) is 5.32 Å². The van der Waals surface area contributed by atoms with Gasteiger partial charge in [-0.05, 0) is 35.4 Å². The molecule has 5 nitrogen and oxygen atoms in total. The lowest BCUT2D eigenvalue weighted by Gasteiger charge is -2.32. The van der Waals surface area contributed by atoms with E-state index in [2.05, 4.69) is 10.6 Å². The highest BCUT2D eigenvalue weighted by Gasteiger charge is 2.55. The fourth-order valence-electron chi connectivity index (χ4n) is 2.57. The van der Waals surface area contributed by atoms with E-state index in [9.17, 15) is 27.3 Å². The maximum absolute atomic E-state index is 13.7. The molecule has 0 radical (unpaired) electrons. The summed E-state index contributed by atoms with van der Waals surface area (Å²) in [5.74, 6) is -0.493. The van der Waals surface area contributed by atoms with Crippen molar-refractivity contribution in [3.05, 3.63) is 62.6 Å². The van der Waals surface area contributed by atoms with E-state index in [1.807, 2.05) is 0 Å². The topological polar surface area (TPSA) is 78.4 Å². The maximum atomic E-state index is 13.7. The van der Waals surface area contributed by atoms with Gasteiger partial charge in [-0.2, -0.15) is 13.2 Å². The SMILES string of the molecule is C[S@@](=O)CC(=O)NCc1ccc(NC[C@](O)(c2cc(Cl)c(Cl)c(Cl)c2)C(F)(F)F)cc1. The summed E-state index contributed by atoms with van der Waals surface area (Å²) >= 11 is 17.4. The number of carbonyl (C=O) groups excluding carboxylic acids is 1. The van der Waals surface area contributed by atoms with Crippen molar-refractivity contribution >= 4 is 57.2 Å². The quantitative estimate of drug-likeness (QED) is 0.451. The van der Waals surface area contributed by atoms with Crippen LogP contribution >= 0.6 is 34.8 Å². The Morgan fingerprint density at radius 3 is 2.13 bits per heavy atom. The van der Waals surface area contributed by atoms with Crippen LogP contribution < -0.4 is 10.6 Å². The van der Waals surface area contributed by atoms with Gasteiger partial charge in [0.05, 0.1) is 21.6 Å². The van der Waals surface area contributed by atoms with Crippen LogP contribution in [0.5, 0.6) is 0 Å². The number of alkyl halides is 3. The number of hydrogen-bond donors (Lipinski definition) is 3. The lowest BCUT2D eigenvalue weighted by Crippen LogP contribution is -2.47. The van der Waals surface area contributed by atoms with Crippen LogP contribution in [-0.4, -0.2) is 40.0 Å². The summed E-state index contributed by atoms with van der Waals surface area (Å²) < 4.78 is 52.2. The van der Waals surface area contributed by atoms with E-state index in [1.54, 1.807) is 12.1 Å². The van der Waals surface area contributed by atoms with Crippen LogP contribution in [0.25, 0.3) is 0 Å². The van der Waals surface area contributed by atoms with Crippen molar-refractivity contribution in [2.45, 2.75) is 18.3 Å². The summed E-state index contributed by atoms with van der Waals surface area (Å²) in [7, 11) is -1.26. The van der Waals surface area contributed by atoms with Crippen LogP contribution in [-0.2, 0) is 27.7 Å². The molecule has 3 N–H and O–H groups in total. The Hall–Kier alpha value is -1.52. The first-order valence-electron chi connectivity index (χ1n) is 8.67. The van der Waals surface area contributed by atoms with E-state index in [1.165, 1.54) is 18.4 Å². The van der Waals surface area contributed by atoms with Gasteiger partial charge in [-0.3, -0.25) is 9.00 Å². The molecule has 2 atom stereocenters. The van der Waals surface area contributed by atoms with E-state index < -0.39 is 34.7 Å². The molecule has 0 saturated carbocycles. The van der Waals surface area contributed by atoms with Gasteiger partial charge in [0.25, 0.3) is 0 Å². The molecule has 170 valence electrons. The van der Waals surface area contributed by atoms with Crippen molar-refractivity contribution in [2.24, 2.45) is 0 Å². The van der Waals surface area contributed by atoms with E-state index in [0.29, 0.717) is 11.3 Å². The number of rotatable bonds is 8. The Labute approximate surface area is 194 Å². The Kier molecular flexibility index (Phi) is 8.63. The average Bonchev–Trinajstić information content (AvgIpc) is 2.67. The summed E-state index contributed by atoms with van der Waals surface area (Å²) in [6, 6.07) is 8.01. The Morgan fingerprint density at radius 1 is 1.10 bits per heavy atom. The largest absolute Gasteiger partial charge is 0.423 e. The summed E-state index contributed by atoms with van der Waals surface area (Å²) in [6.45, 7) is -0.742. The van der Waals surface area contributed by atoms with E-state index >= 15 is 0 Å². The van der Waals surface area contributed by atoms with Crippen LogP contribution in [0.1, 0.15) is 11.1 Å². The number of hydrogen-bond acceptors (Lipinski definition) is 4.